The van der Waals surface area contributed by atoms with Crippen molar-refractivity contribution in [2.75, 3.05) is 31.1 Å². The molecule has 4 rings (SSSR count). The van der Waals surface area contributed by atoms with Gasteiger partial charge in [0.05, 0.1) is 28.2 Å². The van der Waals surface area contributed by atoms with Crippen molar-refractivity contribution in [3.05, 3.63) is 52.9 Å². The van der Waals surface area contributed by atoms with Crippen molar-refractivity contribution in [3.8, 4) is 0 Å². The van der Waals surface area contributed by atoms with Gasteiger partial charge in [-0.2, -0.15) is 13.2 Å². The molecule has 1 fully saturated rings. The molecule has 1 saturated heterocycles. The Labute approximate surface area is 165 Å². The second kappa shape index (κ2) is 7.25. The molecule has 0 radical (unpaired) electrons. The van der Waals surface area contributed by atoms with Crippen LogP contribution in [0, 0.1) is 0 Å². The molecule has 1 aromatic carbocycles. The Morgan fingerprint density at radius 1 is 1.11 bits per heavy atom. The number of fused-ring (bicyclic) bond motifs is 1. The molecule has 5 nitrogen and oxygen atoms in total. The molecule has 0 amide bonds. The van der Waals surface area contributed by atoms with Crippen LogP contribution in [-0.4, -0.2) is 45.6 Å². The van der Waals surface area contributed by atoms with E-state index in [0.717, 1.165) is 42.2 Å². The minimum atomic E-state index is -4.44. The van der Waals surface area contributed by atoms with Gasteiger partial charge in [-0.15, -0.1) is 0 Å². The molecule has 0 atom stereocenters. The number of piperazine rings is 1. The molecule has 1 aliphatic heterocycles. The van der Waals surface area contributed by atoms with Gasteiger partial charge in [-0.25, -0.2) is 9.97 Å². The summed E-state index contributed by atoms with van der Waals surface area (Å²) in [5.74, 6) is 1.39. The van der Waals surface area contributed by atoms with E-state index in [4.69, 9.17) is 16.6 Å². The summed E-state index contributed by atoms with van der Waals surface area (Å²) >= 11 is 6.07. The summed E-state index contributed by atoms with van der Waals surface area (Å²) in [6.45, 7) is 3.50. The van der Waals surface area contributed by atoms with E-state index in [1.54, 1.807) is 0 Å². The maximum atomic E-state index is 12.8. The second-order valence-corrected chi connectivity index (χ2v) is 7.27. The summed E-state index contributed by atoms with van der Waals surface area (Å²) in [7, 11) is 2.01. The number of hydrogen-bond donors (Lipinski definition) is 0. The van der Waals surface area contributed by atoms with Crippen molar-refractivity contribution in [1.82, 2.24) is 19.4 Å². The van der Waals surface area contributed by atoms with Crippen molar-refractivity contribution in [2.24, 2.45) is 7.05 Å². The molecule has 3 heterocycles. The lowest BCUT2D eigenvalue weighted by Gasteiger charge is -2.35. The molecule has 2 aromatic heterocycles. The number of rotatable bonds is 3. The number of pyridine rings is 1. The van der Waals surface area contributed by atoms with Crippen LogP contribution in [0.15, 0.2) is 36.5 Å². The highest BCUT2D eigenvalue weighted by molar-refractivity contribution is 6.33. The molecule has 0 aliphatic carbocycles. The van der Waals surface area contributed by atoms with Crippen LogP contribution in [0.5, 0.6) is 0 Å². The second-order valence-electron chi connectivity index (χ2n) is 6.87. The highest BCUT2D eigenvalue weighted by atomic mass is 35.5. The minimum Gasteiger partial charge on any atom is -0.353 e. The van der Waals surface area contributed by atoms with Crippen LogP contribution in [0.4, 0.5) is 19.0 Å². The Bertz CT molecular complexity index is 993. The third-order valence-corrected chi connectivity index (χ3v) is 5.34. The lowest BCUT2D eigenvalue weighted by Crippen LogP contribution is -2.46. The Kier molecular flexibility index (Phi) is 4.93. The fraction of sp³-hybridized carbons (Fsp3) is 0.368. The number of benzene rings is 1. The van der Waals surface area contributed by atoms with Crippen LogP contribution in [0.3, 0.4) is 0 Å². The van der Waals surface area contributed by atoms with E-state index in [2.05, 4.69) is 14.5 Å². The standard InChI is InChI=1S/C19H19ClF3N5/c1-26-16-5-3-2-4-15(16)25-17(26)12-27-6-8-28(9-7-27)18-14(20)10-13(11-24-18)19(21,22)23/h2-5,10-11H,6-9,12H2,1H3. The van der Waals surface area contributed by atoms with Crippen LogP contribution in [-0.2, 0) is 19.8 Å². The Hall–Kier alpha value is -2.32. The zero-order valence-electron chi connectivity index (χ0n) is 15.2. The van der Waals surface area contributed by atoms with Gasteiger partial charge < -0.3 is 9.47 Å². The highest BCUT2D eigenvalue weighted by Gasteiger charge is 2.32. The van der Waals surface area contributed by atoms with Crippen molar-refractivity contribution < 1.29 is 13.2 Å². The van der Waals surface area contributed by atoms with Gasteiger partial charge in [-0.05, 0) is 18.2 Å². The van der Waals surface area contributed by atoms with Gasteiger partial charge >= 0.3 is 6.18 Å². The Morgan fingerprint density at radius 3 is 2.46 bits per heavy atom. The summed E-state index contributed by atoms with van der Waals surface area (Å²) in [4.78, 5) is 12.9. The van der Waals surface area contributed by atoms with E-state index in [-0.39, 0.29) is 5.02 Å². The van der Waals surface area contributed by atoms with Crippen molar-refractivity contribution in [3.63, 3.8) is 0 Å². The number of halogens is 4. The number of nitrogens with zero attached hydrogens (tertiary/aromatic N) is 5. The molecule has 3 aromatic rings. The monoisotopic (exact) mass is 409 g/mol. The average Bonchev–Trinajstić information content (AvgIpc) is 2.98. The van der Waals surface area contributed by atoms with Crippen molar-refractivity contribution >= 4 is 28.5 Å². The summed E-state index contributed by atoms with van der Waals surface area (Å²) in [5.41, 5.74) is 1.23. The molecule has 148 valence electrons. The van der Waals surface area contributed by atoms with E-state index in [9.17, 15) is 13.2 Å². The number of aromatic nitrogens is 3. The van der Waals surface area contributed by atoms with Crippen molar-refractivity contribution in [1.29, 1.82) is 0 Å². The van der Waals surface area contributed by atoms with E-state index in [1.807, 2.05) is 36.2 Å². The molecule has 0 bridgehead atoms. The number of hydrogen-bond acceptors (Lipinski definition) is 4. The number of imidazole rings is 1. The molecule has 0 unspecified atom stereocenters. The molecule has 0 saturated carbocycles. The summed E-state index contributed by atoms with van der Waals surface area (Å²) < 4.78 is 40.4. The topological polar surface area (TPSA) is 37.2 Å². The molecule has 0 N–H and O–H groups in total. The molecule has 1 aliphatic rings. The van der Waals surface area contributed by atoms with Crippen LogP contribution in [0.2, 0.25) is 5.02 Å². The summed E-state index contributed by atoms with van der Waals surface area (Å²) in [5, 5.41) is 0.0265. The van der Waals surface area contributed by atoms with Crippen LogP contribution < -0.4 is 4.90 Å². The quantitative estimate of drug-likeness (QED) is 0.656. The van der Waals surface area contributed by atoms with Gasteiger partial charge in [0.1, 0.15) is 11.6 Å². The third-order valence-electron chi connectivity index (χ3n) is 5.07. The maximum absolute atomic E-state index is 12.8. The van der Waals surface area contributed by atoms with E-state index >= 15 is 0 Å². The zero-order chi connectivity index (χ0) is 19.9. The first-order chi connectivity index (χ1) is 13.3. The SMILES string of the molecule is Cn1c(CN2CCN(c3ncc(C(F)(F)F)cc3Cl)CC2)nc2ccccc21. The number of aryl methyl sites for hydroxylation is 1. The predicted octanol–water partition coefficient (Wildman–Crippen LogP) is 3.96. The van der Waals surface area contributed by atoms with E-state index in [1.165, 1.54) is 0 Å². The predicted molar refractivity (Wildman–Crippen MR) is 102 cm³/mol. The highest BCUT2D eigenvalue weighted by Crippen LogP contribution is 2.33. The normalized spacial score (nSPS) is 16.1. The van der Waals surface area contributed by atoms with E-state index in [0.29, 0.717) is 25.5 Å². The lowest BCUT2D eigenvalue weighted by molar-refractivity contribution is -0.137. The molecular formula is C19H19ClF3N5. The molecular weight excluding hydrogens is 391 g/mol. The van der Waals surface area contributed by atoms with Gasteiger partial charge in [0.25, 0.3) is 0 Å². The zero-order valence-corrected chi connectivity index (χ0v) is 16.0. The van der Waals surface area contributed by atoms with Crippen molar-refractivity contribution in [2.45, 2.75) is 12.7 Å². The third kappa shape index (κ3) is 3.66. The first kappa shape index (κ1) is 19.0. The van der Waals surface area contributed by atoms with Crippen LogP contribution in [0.1, 0.15) is 11.4 Å². The fourth-order valence-corrected chi connectivity index (χ4v) is 3.76. The number of para-hydroxylation sites is 2. The van der Waals surface area contributed by atoms with Gasteiger partial charge in [-0.1, -0.05) is 23.7 Å². The summed E-state index contributed by atoms with van der Waals surface area (Å²) in [6.07, 6.45) is -3.60. The van der Waals surface area contributed by atoms with Crippen LogP contribution in [0.25, 0.3) is 11.0 Å². The first-order valence-corrected chi connectivity index (χ1v) is 9.31. The minimum absolute atomic E-state index is 0.0265. The number of anilines is 1. The molecule has 9 heteroatoms. The first-order valence-electron chi connectivity index (χ1n) is 8.93. The maximum Gasteiger partial charge on any atom is 0.417 e. The van der Waals surface area contributed by atoms with Gasteiger partial charge in [0.15, 0.2) is 0 Å². The molecule has 0 spiro atoms. The largest absolute Gasteiger partial charge is 0.417 e. The van der Waals surface area contributed by atoms with Crippen LogP contribution >= 0.6 is 11.6 Å². The summed E-state index contributed by atoms with van der Waals surface area (Å²) in [6, 6.07) is 8.94. The molecule has 28 heavy (non-hydrogen) atoms. The Balaban J connectivity index is 1.42. The lowest BCUT2D eigenvalue weighted by atomic mass is 10.2. The number of alkyl halides is 3. The Morgan fingerprint density at radius 2 is 1.82 bits per heavy atom. The van der Waals surface area contributed by atoms with Gasteiger partial charge in [-0.3, -0.25) is 4.90 Å². The average molecular weight is 410 g/mol. The smallest absolute Gasteiger partial charge is 0.353 e. The van der Waals surface area contributed by atoms with Gasteiger partial charge in [0, 0.05) is 39.4 Å². The van der Waals surface area contributed by atoms with Gasteiger partial charge in [0.2, 0.25) is 0 Å². The van der Waals surface area contributed by atoms with E-state index < -0.39 is 11.7 Å². The fourth-order valence-electron chi connectivity index (χ4n) is 3.47.